The standard InChI is InChI=1S/C18H17ClF2NO3.K/c1-25-17(10-18(23)22-24)15(8-11-2-4-12(19)5-3-11)14-7-6-13(20)9-16(14)21;/h2-7,9,15,17H,8,10H2,1H3,(H-,22,23,24);/q-1;+1/t15?,17-;/m1./s1. The maximum absolute atomic E-state index is 14.3. The van der Waals surface area contributed by atoms with Gasteiger partial charge in [0.25, 0.3) is 0 Å². The third kappa shape index (κ3) is 6.65. The molecule has 0 aliphatic rings. The van der Waals surface area contributed by atoms with Gasteiger partial charge in [0.2, 0.25) is 5.91 Å². The molecule has 8 heteroatoms. The second-order valence-corrected chi connectivity index (χ2v) is 6.04. The van der Waals surface area contributed by atoms with E-state index in [0.717, 1.165) is 17.7 Å². The maximum atomic E-state index is 14.3. The van der Waals surface area contributed by atoms with Crippen molar-refractivity contribution in [3.05, 3.63) is 75.5 Å². The smallest absolute Gasteiger partial charge is 0.759 e. The number of carbonyl (C=O) groups excluding carboxylic acids is 1. The fraction of sp³-hybridized carbons (Fsp3) is 0.278. The third-order valence-electron chi connectivity index (χ3n) is 3.98. The van der Waals surface area contributed by atoms with E-state index in [4.69, 9.17) is 16.3 Å². The van der Waals surface area contributed by atoms with Crippen LogP contribution >= 0.6 is 11.6 Å². The predicted octanol–water partition coefficient (Wildman–Crippen LogP) is 0.968. The van der Waals surface area contributed by atoms with Gasteiger partial charge in [0.1, 0.15) is 11.6 Å². The van der Waals surface area contributed by atoms with Gasteiger partial charge in [0.15, 0.2) is 0 Å². The fourth-order valence-electron chi connectivity index (χ4n) is 2.73. The Kier molecular flexibility index (Phi) is 10.4. The molecule has 0 aliphatic carbocycles. The molecule has 0 fully saturated rings. The molecule has 0 bridgehead atoms. The molecule has 1 N–H and O–H groups in total. The zero-order chi connectivity index (χ0) is 18.4. The Morgan fingerprint density at radius 3 is 2.42 bits per heavy atom. The number of hydrogen-bond acceptors (Lipinski definition) is 3. The molecular formula is C18H17ClF2KNO3. The van der Waals surface area contributed by atoms with Crippen LogP contribution in [0.5, 0.6) is 0 Å². The molecule has 2 rings (SSSR count). The second kappa shape index (κ2) is 11.5. The van der Waals surface area contributed by atoms with Gasteiger partial charge in [-0.2, -0.15) is 0 Å². The van der Waals surface area contributed by atoms with Gasteiger partial charge in [-0.15, -0.1) is 0 Å². The van der Waals surface area contributed by atoms with Crippen molar-refractivity contribution in [3.63, 3.8) is 0 Å². The summed E-state index contributed by atoms with van der Waals surface area (Å²) in [6, 6.07) is 10.2. The predicted molar refractivity (Wildman–Crippen MR) is 91.2 cm³/mol. The summed E-state index contributed by atoms with van der Waals surface area (Å²) in [4.78, 5) is 11.5. The minimum absolute atomic E-state index is 0. The van der Waals surface area contributed by atoms with Gasteiger partial charge in [0.05, 0.1) is 12.5 Å². The van der Waals surface area contributed by atoms with E-state index < -0.39 is 29.6 Å². The number of methoxy groups -OCH3 is 1. The van der Waals surface area contributed by atoms with Crippen LogP contribution in [-0.2, 0) is 16.0 Å². The van der Waals surface area contributed by atoms with Gasteiger partial charge >= 0.3 is 51.4 Å². The Bertz CT molecular complexity index is 731. The van der Waals surface area contributed by atoms with E-state index >= 15 is 0 Å². The van der Waals surface area contributed by atoms with Crippen molar-refractivity contribution in [1.29, 1.82) is 0 Å². The van der Waals surface area contributed by atoms with Gasteiger partial charge in [0, 0.05) is 24.1 Å². The number of ether oxygens (including phenoxy) is 1. The molecule has 1 amide bonds. The van der Waals surface area contributed by atoms with Crippen LogP contribution in [0.4, 0.5) is 8.78 Å². The summed E-state index contributed by atoms with van der Waals surface area (Å²) in [6.45, 7) is 0. The van der Waals surface area contributed by atoms with Crippen LogP contribution in [0.25, 0.3) is 0 Å². The van der Waals surface area contributed by atoms with Crippen LogP contribution < -0.4 is 56.9 Å². The van der Waals surface area contributed by atoms with Crippen LogP contribution in [0.15, 0.2) is 42.5 Å². The van der Waals surface area contributed by atoms with E-state index in [1.807, 2.05) is 0 Å². The van der Waals surface area contributed by atoms with Crippen molar-refractivity contribution >= 4 is 17.5 Å². The molecule has 0 saturated carbocycles. The van der Waals surface area contributed by atoms with E-state index in [9.17, 15) is 18.8 Å². The summed E-state index contributed by atoms with van der Waals surface area (Å²) < 4.78 is 32.9. The van der Waals surface area contributed by atoms with Gasteiger partial charge in [-0.25, -0.2) is 8.78 Å². The molecular weight excluding hydrogens is 391 g/mol. The topological polar surface area (TPSA) is 61.4 Å². The Hall–Kier alpha value is -0.384. The molecule has 1 unspecified atom stereocenters. The quantitative estimate of drug-likeness (QED) is 0.549. The molecule has 2 aromatic rings. The first-order valence-electron chi connectivity index (χ1n) is 7.57. The Morgan fingerprint density at radius 2 is 1.88 bits per heavy atom. The van der Waals surface area contributed by atoms with Gasteiger partial charge in [-0.05, 0) is 35.7 Å². The largest absolute Gasteiger partial charge is 1.00 e. The summed E-state index contributed by atoms with van der Waals surface area (Å²) in [5.41, 5.74) is 2.34. The number of nitrogens with one attached hydrogen (secondary N) is 1. The minimum atomic E-state index is -0.768. The van der Waals surface area contributed by atoms with E-state index in [-0.39, 0.29) is 63.4 Å². The van der Waals surface area contributed by atoms with Crippen LogP contribution in [0.2, 0.25) is 5.02 Å². The van der Waals surface area contributed by atoms with E-state index in [1.54, 1.807) is 24.3 Å². The molecule has 2 atom stereocenters. The average Bonchev–Trinajstić information content (AvgIpc) is 2.60. The Balaban J connectivity index is 0.00000338. The molecule has 4 nitrogen and oxygen atoms in total. The summed E-state index contributed by atoms with van der Waals surface area (Å²) in [5, 5.41) is 11.1. The van der Waals surface area contributed by atoms with Crippen molar-refractivity contribution in [1.82, 2.24) is 5.48 Å². The summed E-state index contributed by atoms with van der Waals surface area (Å²) >= 11 is 5.87. The zero-order valence-electron chi connectivity index (χ0n) is 14.5. The van der Waals surface area contributed by atoms with Gasteiger partial charge in [-0.1, -0.05) is 29.8 Å². The number of carbonyl (C=O) groups is 1. The molecule has 0 aromatic heterocycles. The van der Waals surface area contributed by atoms with Crippen molar-refractivity contribution < 1.29 is 69.7 Å². The van der Waals surface area contributed by atoms with Crippen molar-refractivity contribution in [3.8, 4) is 0 Å². The number of hydroxylamine groups is 1. The van der Waals surface area contributed by atoms with E-state index in [1.165, 1.54) is 18.7 Å². The minimum Gasteiger partial charge on any atom is -0.759 e. The zero-order valence-corrected chi connectivity index (χ0v) is 18.3. The second-order valence-electron chi connectivity index (χ2n) is 5.61. The number of halogens is 3. The van der Waals surface area contributed by atoms with Gasteiger partial charge in [-0.3, -0.25) is 4.79 Å². The fourth-order valence-corrected chi connectivity index (χ4v) is 2.86. The van der Waals surface area contributed by atoms with Crippen molar-refractivity contribution in [2.75, 3.05) is 7.11 Å². The first-order valence-corrected chi connectivity index (χ1v) is 7.95. The Labute approximate surface area is 198 Å². The van der Waals surface area contributed by atoms with Crippen molar-refractivity contribution in [2.24, 2.45) is 0 Å². The number of amides is 1. The SMILES string of the molecule is CO[C@H](CC(=O)N[O-])C(Cc1ccc(Cl)cc1)c1ccc(F)cc1F.[K+]. The molecule has 0 radical (unpaired) electrons. The molecule has 0 spiro atoms. The summed E-state index contributed by atoms with van der Waals surface area (Å²) in [6.07, 6.45) is -0.677. The van der Waals surface area contributed by atoms with Crippen molar-refractivity contribution in [2.45, 2.75) is 24.9 Å². The molecule has 0 heterocycles. The van der Waals surface area contributed by atoms with E-state index in [2.05, 4.69) is 0 Å². The van der Waals surface area contributed by atoms with Crippen LogP contribution in [-0.4, -0.2) is 19.1 Å². The number of benzene rings is 2. The molecule has 2 aromatic carbocycles. The normalized spacial score (nSPS) is 12.8. The average molecular weight is 408 g/mol. The van der Waals surface area contributed by atoms with E-state index in [0.29, 0.717) is 11.4 Å². The summed E-state index contributed by atoms with van der Waals surface area (Å²) in [5.74, 6) is -2.79. The first-order chi connectivity index (χ1) is 11.9. The molecule has 0 saturated heterocycles. The Morgan fingerprint density at radius 1 is 1.23 bits per heavy atom. The number of rotatable bonds is 7. The molecule has 0 aliphatic heterocycles. The van der Waals surface area contributed by atoms with Crippen LogP contribution in [0.1, 0.15) is 23.5 Å². The maximum Gasteiger partial charge on any atom is 1.00 e. The van der Waals surface area contributed by atoms with Crippen LogP contribution in [0, 0.1) is 16.8 Å². The molecule has 134 valence electrons. The monoisotopic (exact) mass is 407 g/mol. The van der Waals surface area contributed by atoms with Crippen LogP contribution in [0.3, 0.4) is 0 Å². The number of hydrogen-bond donors (Lipinski definition) is 1. The summed E-state index contributed by atoms with van der Waals surface area (Å²) in [7, 11) is 1.37. The molecule has 26 heavy (non-hydrogen) atoms. The third-order valence-corrected chi connectivity index (χ3v) is 4.23. The van der Waals surface area contributed by atoms with Gasteiger partial charge < -0.3 is 15.4 Å². The first kappa shape index (κ1) is 23.7.